The van der Waals surface area contributed by atoms with Crippen LogP contribution in [-0.4, -0.2) is 57.1 Å². The number of aromatic nitrogens is 4. The predicted octanol–water partition coefficient (Wildman–Crippen LogP) is 5.11. The molecule has 1 atom stereocenters. The number of imidazole rings is 1. The Bertz CT molecular complexity index is 1010. The first-order chi connectivity index (χ1) is 15.1. The van der Waals surface area contributed by atoms with Gasteiger partial charge in [-0.05, 0) is 63.0 Å². The Hall–Kier alpha value is -1.92. The van der Waals surface area contributed by atoms with Crippen LogP contribution in [0.3, 0.4) is 0 Å². The van der Waals surface area contributed by atoms with Gasteiger partial charge in [0, 0.05) is 44.1 Å². The van der Waals surface area contributed by atoms with E-state index in [0.717, 1.165) is 49.3 Å². The molecule has 1 aliphatic heterocycles. The normalized spacial score (nSPS) is 24.4. The number of hydrogen-bond acceptors (Lipinski definition) is 4. The van der Waals surface area contributed by atoms with Gasteiger partial charge in [0.1, 0.15) is 0 Å². The summed E-state index contributed by atoms with van der Waals surface area (Å²) in [5.41, 5.74) is 5.78. The highest BCUT2D eigenvalue weighted by Crippen LogP contribution is 2.36. The van der Waals surface area contributed by atoms with Crippen LogP contribution in [-0.2, 0) is 4.74 Å². The first-order valence-electron chi connectivity index (χ1n) is 12.3. The lowest BCUT2D eigenvalue weighted by molar-refractivity contribution is 0.0856. The first kappa shape index (κ1) is 21.0. The lowest BCUT2D eigenvalue weighted by Gasteiger charge is -2.35. The molecule has 1 aliphatic carbocycles. The molecule has 0 amide bonds. The molecule has 168 valence electrons. The molecule has 6 nitrogen and oxygen atoms in total. The highest BCUT2D eigenvalue weighted by atomic mass is 16.5. The third-order valence-electron chi connectivity index (χ3n) is 7.86. The average molecular weight is 424 g/mol. The fourth-order valence-electron chi connectivity index (χ4n) is 5.68. The van der Waals surface area contributed by atoms with Crippen LogP contribution >= 0.6 is 0 Å². The molecule has 2 aliphatic rings. The summed E-state index contributed by atoms with van der Waals surface area (Å²) in [6, 6.07) is 0.723. The van der Waals surface area contributed by atoms with E-state index in [1.807, 2.05) is 6.20 Å². The molecule has 2 fully saturated rings. The van der Waals surface area contributed by atoms with E-state index in [1.54, 1.807) is 0 Å². The minimum absolute atomic E-state index is 0.539. The van der Waals surface area contributed by atoms with Gasteiger partial charge in [-0.3, -0.25) is 4.40 Å². The molecule has 4 heterocycles. The first-order valence-corrected chi connectivity index (χ1v) is 12.3. The highest BCUT2D eigenvalue weighted by Gasteiger charge is 2.28. The maximum absolute atomic E-state index is 5.59. The Labute approximate surface area is 185 Å². The van der Waals surface area contributed by atoms with Crippen molar-refractivity contribution in [1.29, 1.82) is 0 Å². The molecule has 5 rings (SSSR count). The number of H-pyrrole nitrogens is 1. The van der Waals surface area contributed by atoms with E-state index in [9.17, 15) is 0 Å². The van der Waals surface area contributed by atoms with Gasteiger partial charge in [0.25, 0.3) is 0 Å². The number of ether oxygens (including phenoxy) is 1. The van der Waals surface area contributed by atoms with E-state index < -0.39 is 0 Å². The van der Waals surface area contributed by atoms with Gasteiger partial charge in [-0.25, -0.2) is 9.97 Å². The average Bonchev–Trinajstić information content (AvgIpc) is 3.43. The van der Waals surface area contributed by atoms with E-state index >= 15 is 0 Å². The van der Waals surface area contributed by atoms with Gasteiger partial charge in [-0.15, -0.1) is 0 Å². The standard InChI is InChI=1S/C25H37N5O/c1-4-17(2)15-29(3)20-7-5-19(6-8-20)22-16-30-23(28-22)14-27-25-24(30)21(13-26-25)18-9-11-31-12-10-18/h13-14,16-20,26H,4-12,15H2,1-3H3. The quantitative estimate of drug-likeness (QED) is 0.599. The Balaban J connectivity index is 1.36. The highest BCUT2D eigenvalue weighted by molar-refractivity contribution is 5.79. The summed E-state index contributed by atoms with van der Waals surface area (Å²) in [4.78, 5) is 15.7. The predicted molar refractivity (Wildman–Crippen MR) is 125 cm³/mol. The molecular formula is C25H37N5O. The minimum atomic E-state index is 0.539. The molecule has 1 saturated heterocycles. The zero-order valence-electron chi connectivity index (χ0n) is 19.3. The maximum atomic E-state index is 5.59. The van der Waals surface area contributed by atoms with E-state index in [2.05, 4.69) is 52.6 Å². The molecule has 1 saturated carbocycles. The van der Waals surface area contributed by atoms with Crippen molar-refractivity contribution in [2.24, 2.45) is 5.92 Å². The van der Waals surface area contributed by atoms with Crippen LogP contribution in [0.5, 0.6) is 0 Å². The van der Waals surface area contributed by atoms with Crippen LogP contribution in [0, 0.1) is 5.92 Å². The molecule has 0 aromatic carbocycles. The lowest BCUT2D eigenvalue weighted by atomic mass is 9.83. The molecule has 3 aromatic heterocycles. The monoisotopic (exact) mass is 423 g/mol. The van der Waals surface area contributed by atoms with E-state index in [-0.39, 0.29) is 0 Å². The number of rotatable bonds is 6. The van der Waals surface area contributed by atoms with Crippen LogP contribution in [0.2, 0.25) is 0 Å². The van der Waals surface area contributed by atoms with Gasteiger partial charge in [0.2, 0.25) is 0 Å². The summed E-state index contributed by atoms with van der Waals surface area (Å²) in [5.74, 6) is 1.88. The third-order valence-corrected chi connectivity index (χ3v) is 7.86. The smallest absolute Gasteiger partial charge is 0.156 e. The molecule has 1 unspecified atom stereocenters. The van der Waals surface area contributed by atoms with Crippen LogP contribution < -0.4 is 0 Å². The van der Waals surface area contributed by atoms with Crippen molar-refractivity contribution in [3.63, 3.8) is 0 Å². The lowest BCUT2D eigenvalue weighted by Crippen LogP contribution is -2.37. The summed E-state index contributed by atoms with van der Waals surface area (Å²) in [6.45, 7) is 7.58. The van der Waals surface area contributed by atoms with Crippen LogP contribution in [0.4, 0.5) is 0 Å². The van der Waals surface area contributed by atoms with Crippen molar-refractivity contribution in [2.75, 3.05) is 26.8 Å². The number of fused-ring (bicyclic) bond motifs is 3. The van der Waals surface area contributed by atoms with Crippen molar-refractivity contribution in [3.8, 4) is 0 Å². The molecule has 1 N–H and O–H groups in total. The maximum Gasteiger partial charge on any atom is 0.156 e. The number of nitrogens with zero attached hydrogens (tertiary/aromatic N) is 4. The van der Waals surface area contributed by atoms with Crippen molar-refractivity contribution in [3.05, 3.63) is 29.8 Å². The molecule has 3 aromatic rings. The number of nitrogens with one attached hydrogen (secondary N) is 1. The Kier molecular flexibility index (Phi) is 6.02. The summed E-state index contributed by atoms with van der Waals surface area (Å²) in [7, 11) is 2.31. The van der Waals surface area contributed by atoms with Gasteiger partial charge >= 0.3 is 0 Å². The van der Waals surface area contributed by atoms with Gasteiger partial charge in [-0.1, -0.05) is 20.3 Å². The minimum Gasteiger partial charge on any atom is -0.381 e. The second-order valence-corrected chi connectivity index (χ2v) is 9.94. The van der Waals surface area contributed by atoms with Crippen LogP contribution in [0.25, 0.3) is 16.8 Å². The van der Waals surface area contributed by atoms with Crippen molar-refractivity contribution in [2.45, 2.75) is 76.7 Å². The zero-order chi connectivity index (χ0) is 21.4. The van der Waals surface area contributed by atoms with Crippen molar-refractivity contribution < 1.29 is 4.74 Å². The molecule has 31 heavy (non-hydrogen) atoms. The zero-order valence-corrected chi connectivity index (χ0v) is 19.3. The largest absolute Gasteiger partial charge is 0.381 e. The van der Waals surface area contributed by atoms with E-state index in [0.29, 0.717) is 11.8 Å². The van der Waals surface area contributed by atoms with Crippen LogP contribution in [0.1, 0.15) is 81.9 Å². The molecular weight excluding hydrogens is 386 g/mol. The fourth-order valence-corrected chi connectivity index (χ4v) is 5.68. The molecule has 0 radical (unpaired) electrons. The molecule has 0 spiro atoms. The summed E-state index contributed by atoms with van der Waals surface area (Å²) in [6.07, 6.45) is 14.8. The van der Waals surface area contributed by atoms with E-state index in [4.69, 9.17) is 9.72 Å². The summed E-state index contributed by atoms with van der Waals surface area (Å²) in [5, 5.41) is 0. The Morgan fingerprint density at radius 1 is 1.16 bits per heavy atom. The van der Waals surface area contributed by atoms with Crippen molar-refractivity contribution >= 4 is 16.8 Å². The number of aromatic amines is 1. The second-order valence-electron chi connectivity index (χ2n) is 9.94. The van der Waals surface area contributed by atoms with Gasteiger partial charge < -0.3 is 14.6 Å². The fraction of sp³-hybridized carbons (Fsp3) is 0.680. The molecule has 0 bridgehead atoms. The van der Waals surface area contributed by atoms with Gasteiger partial charge in [0.15, 0.2) is 11.3 Å². The second kappa shape index (κ2) is 8.91. The van der Waals surface area contributed by atoms with Gasteiger partial charge in [-0.2, -0.15) is 0 Å². The topological polar surface area (TPSA) is 58.5 Å². The Morgan fingerprint density at radius 2 is 1.94 bits per heavy atom. The number of hydrogen-bond donors (Lipinski definition) is 1. The van der Waals surface area contributed by atoms with Crippen molar-refractivity contribution in [1.82, 2.24) is 24.3 Å². The SMILES string of the molecule is CCC(C)CN(C)C1CCC(c2cn3c(cnc4[nH]cc(C5CCOCC5)c43)n2)CC1. The van der Waals surface area contributed by atoms with E-state index in [1.165, 1.54) is 55.4 Å². The Morgan fingerprint density at radius 3 is 2.68 bits per heavy atom. The summed E-state index contributed by atoms with van der Waals surface area (Å²) >= 11 is 0. The van der Waals surface area contributed by atoms with Gasteiger partial charge in [0.05, 0.1) is 17.4 Å². The third kappa shape index (κ3) is 4.12. The molecule has 6 heteroatoms. The van der Waals surface area contributed by atoms with Crippen LogP contribution in [0.15, 0.2) is 18.6 Å². The summed E-state index contributed by atoms with van der Waals surface area (Å²) < 4.78 is 7.88.